The van der Waals surface area contributed by atoms with Crippen molar-refractivity contribution in [3.63, 3.8) is 0 Å². The summed E-state index contributed by atoms with van der Waals surface area (Å²) in [5, 5.41) is 0. The Kier molecular flexibility index (Phi) is 6.08. The van der Waals surface area contributed by atoms with Crippen LogP contribution >= 0.6 is 11.3 Å². The first-order valence-corrected chi connectivity index (χ1v) is 12.6. The second kappa shape index (κ2) is 8.57. The third-order valence-electron chi connectivity index (χ3n) is 5.85. The maximum atomic E-state index is 12.9. The fourth-order valence-corrected chi connectivity index (χ4v) is 6.76. The van der Waals surface area contributed by atoms with E-state index in [1.807, 2.05) is 4.90 Å². The number of aromatic nitrogens is 1. The summed E-state index contributed by atoms with van der Waals surface area (Å²) in [7, 11) is -3.53. The van der Waals surface area contributed by atoms with Crippen LogP contribution in [-0.4, -0.2) is 54.3 Å². The average Bonchev–Trinajstić information content (AvgIpc) is 3.07. The molecule has 0 radical (unpaired) electrons. The predicted molar refractivity (Wildman–Crippen MR) is 114 cm³/mol. The molecule has 0 spiro atoms. The summed E-state index contributed by atoms with van der Waals surface area (Å²) in [6.45, 7) is 3.03. The minimum Gasteiger partial charge on any atom is -0.343 e. The van der Waals surface area contributed by atoms with E-state index in [-0.39, 0.29) is 15.7 Å². The number of thiazole rings is 1. The number of hydrogen-bond donors (Lipinski definition) is 0. The summed E-state index contributed by atoms with van der Waals surface area (Å²) in [5.74, 6) is 0.0836. The molecule has 1 aromatic carbocycles. The van der Waals surface area contributed by atoms with Gasteiger partial charge in [-0.25, -0.2) is 8.42 Å². The molecule has 2 aliphatic heterocycles. The smallest absolute Gasteiger partial charge is 0.308 e. The number of fused-ring (bicyclic) bond motifs is 1. The van der Waals surface area contributed by atoms with E-state index in [0.29, 0.717) is 36.3 Å². The van der Waals surface area contributed by atoms with Gasteiger partial charge in [0.05, 0.1) is 15.1 Å². The van der Waals surface area contributed by atoms with Crippen LogP contribution in [0.2, 0.25) is 0 Å². The molecule has 2 aromatic rings. The van der Waals surface area contributed by atoms with Gasteiger partial charge in [-0.2, -0.15) is 4.31 Å². The van der Waals surface area contributed by atoms with Crippen molar-refractivity contribution in [1.82, 2.24) is 13.8 Å². The molecule has 0 unspecified atom stereocenters. The first kappa shape index (κ1) is 20.6. The van der Waals surface area contributed by atoms with E-state index in [9.17, 15) is 18.0 Å². The number of likely N-dealkylation sites (tertiary alicyclic amines) is 1. The Bertz CT molecular complexity index is 1050. The van der Waals surface area contributed by atoms with Crippen LogP contribution in [-0.2, 0) is 21.4 Å². The average molecular weight is 438 g/mol. The van der Waals surface area contributed by atoms with Crippen molar-refractivity contribution < 1.29 is 13.2 Å². The number of nitrogens with zero attached hydrogens (tertiary/aromatic N) is 3. The van der Waals surface area contributed by atoms with Crippen LogP contribution in [0.5, 0.6) is 0 Å². The van der Waals surface area contributed by atoms with Crippen LogP contribution in [0.4, 0.5) is 0 Å². The van der Waals surface area contributed by atoms with E-state index >= 15 is 0 Å². The summed E-state index contributed by atoms with van der Waals surface area (Å²) in [4.78, 5) is 26.9. The Labute approximate surface area is 175 Å². The molecule has 29 heavy (non-hydrogen) atoms. The van der Waals surface area contributed by atoms with Crippen LogP contribution in [0.25, 0.3) is 10.2 Å². The molecule has 2 aliphatic rings. The second-order valence-corrected chi connectivity index (χ2v) is 10.7. The minimum absolute atomic E-state index is 0.0836. The first-order chi connectivity index (χ1) is 14.0. The SMILES string of the molecule is O=C(CCn1c(=O)sc2cc(S(=O)(=O)N3CCCCC3)ccc21)N1CCCCC1. The van der Waals surface area contributed by atoms with Crippen molar-refractivity contribution >= 4 is 37.5 Å². The summed E-state index contributed by atoms with van der Waals surface area (Å²) < 4.78 is 29.6. The van der Waals surface area contributed by atoms with Crippen molar-refractivity contribution in [3.05, 3.63) is 27.9 Å². The van der Waals surface area contributed by atoms with E-state index in [2.05, 4.69) is 0 Å². The number of sulfonamides is 1. The number of hydrogen-bond acceptors (Lipinski definition) is 5. The largest absolute Gasteiger partial charge is 0.343 e. The Hall–Kier alpha value is -1.71. The fourth-order valence-electron chi connectivity index (χ4n) is 4.18. The zero-order valence-electron chi connectivity index (χ0n) is 16.5. The van der Waals surface area contributed by atoms with Crippen LogP contribution in [0.3, 0.4) is 0 Å². The lowest BCUT2D eigenvalue weighted by molar-refractivity contribution is -0.132. The molecule has 0 bridgehead atoms. The normalized spacial score (nSPS) is 19.0. The zero-order valence-corrected chi connectivity index (χ0v) is 18.1. The molecule has 1 amide bonds. The number of amides is 1. The van der Waals surface area contributed by atoms with E-state index in [1.54, 1.807) is 22.8 Å². The molecule has 0 aliphatic carbocycles. The van der Waals surface area contributed by atoms with Gasteiger partial charge in [-0.3, -0.25) is 14.2 Å². The fraction of sp³-hybridized carbons (Fsp3) is 0.600. The highest BCUT2D eigenvalue weighted by Gasteiger charge is 2.26. The van der Waals surface area contributed by atoms with Crippen molar-refractivity contribution in [3.8, 4) is 0 Å². The monoisotopic (exact) mass is 437 g/mol. The molecule has 7 nitrogen and oxygen atoms in total. The highest BCUT2D eigenvalue weighted by molar-refractivity contribution is 7.89. The van der Waals surface area contributed by atoms with Gasteiger partial charge < -0.3 is 4.90 Å². The predicted octanol–water partition coefficient (Wildman–Crippen LogP) is 2.64. The number of carbonyl (C=O) groups excluding carboxylic acids is 1. The van der Waals surface area contributed by atoms with Gasteiger partial charge in [-0.05, 0) is 50.3 Å². The van der Waals surface area contributed by atoms with Gasteiger partial charge in [0.1, 0.15) is 0 Å². The molecule has 2 fully saturated rings. The Morgan fingerprint density at radius 2 is 1.62 bits per heavy atom. The van der Waals surface area contributed by atoms with Crippen LogP contribution in [0.1, 0.15) is 44.9 Å². The number of piperidine rings is 2. The van der Waals surface area contributed by atoms with Crippen LogP contribution in [0, 0.1) is 0 Å². The highest BCUT2D eigenvalue weighted by Crippen LogP contribution is 2.26. The van der Waals surface area contributed by atoms with Crippen molar-refractivity contribution in [2.24, 2.45) is 0 Å². The van der Waals surface area contributed by atoms with Gasteiger partial charge in [0.15, 0.2) is 0 Å². The molecule has 158 valence electrons. The van der Waals surface area contributed by atoms with Gasteiger partial charge in [0, 0.05) is 39.1 Å². The second-order valence-electron chi connectivity index (χ2n) is 7.81. The molecule has 2 saturated heterocycles. The number of carbonyl (C=O) groups is 1. The van der Waals surface area contributed by atoms with Gasteiger partial charge in [0.2, 0.25) is 15.9 Å². The maximum Gasteiger partial charge on any atom is 0.308 e. The third kappa shape index (κ3) is 4.27. The summed E-state index contributed by atoms with van der Waals surface area (Å²) in [5.41, 5.74) is 0.698. The molecule has 3 heterocycles. The molecule has 0 N–H and O–H groups in total. The molecule has 4 rings (SSSR count). The first-order valence-electron chi connectivity index (χ1n) is 10.4. The quantitative estimate of drug-likeness (QED) is 0.720. The van der Waals surface area contributed by atoms with Crippen molar-refractivity contribution in [1.29, 1.82) is 0 Å². The van der Waals surface area contributed by atoms with E-state index in [1.165, 1.54) is 10.7 Å². The summed E-state index contributed by atoms with van der Waals surface area (Å²) >= 11 is 1.04. The molecule has 0 atom stereocenters. The van der Waals surface area contributed by atoms with Gasteiger partial charge >= 0.3 is 4.87 Å². The molecule has 1 aromatic heterocycles. The van der Waals surface area contributed by atoms with Crippen LogP contribution < -0.4 is 4.87 Å². The maximum absolute atomic E-state index is 12.9. The lowest BCUT2D eigenvalue weighted by Gasteiger charge is -2.26. The summed E-state index contributed by atoms with van der Waals surface area (Å²) in [6.07, 6.45) is 6.38. The van der Waals surface area contributed by atoms with Crippen molar-refractivity contribution in [2.75, 3.05) is 26.2 Å². The number of rotatable bonds is 5. The lowest BCUT2D eigenvalue weighted by atomic mass is 10.1. The Morgan fingerprint density at radius 3 is 2.31 bits per heavy atom. The zero-order chi connectivity index (χ0) is 20.4. The van der Waals surface area contributed by atoms with Crippen molar-refractivity contribution in [2.45, 2.75) is 56.4 Å². The topological polar surface area (TPSA) is 79.7 Å². The third-order valence-corrected chi connectivity index (χ3v) is 8.69. The summed E-state index contributed by atoms with van der Waals surface area (Å²) in [6, 6.07) is 4.89. The highest BCUT2D eigenvalue weighted by atomic mass is 32.2. The number of aryl methyl sites for hydroxylation is 1. The van der Waals surface area contributed by atoms with Gasteiger partial charge in [-0.1, -0.05) is 17.8 Å². The minimum atomic E-state index is -3.53. The molecular formula is C20H27N3O4S2. The van der Waals surface area contributed by atoms with E-state index in [4.69, 9.17) is 0 Å². The molecule has 0 saturated carbocycles. The lowest BCUT2D eigenvalue weighted by Crippen LogP contribution is -2.36. The standard InChI is InChI=1S/C20H27N3O4S2/c24-19(21-10-3-1-4-11-21)9-14-23-17-8-7-16(15-18(17)28-20(23)25)29(26,27)22-12-5-2-6-13-22/h7-8,15H,1-6,9-14H2. The Morgan fingerprint density at radius 1 is 0.966 bits per heavy atom. The van der Waals surface area contributed by atoms with Crippen LogP contribution in [0.15, 0.2) is 27.9 Å². The number of benzene rings is 1. The van der Waals surface area contributed by atoms with Gasteiger partial charge in [0.25, 0.3) is 0 Å². The molecule has 9 heteroatoms. The van der Waals surface area contributed by atoms with Gasteiger partial charge in [-0.15, -0.1) is 0 Å². The van der Waals surface area contributed by atoms with E-state index in [0.717, 1.165) is 56.5 Å². The van der Waals surface area contributed by atoms with E-state index < -0.39 is 10.0 Å². The Balaban J connectivity index is 1.53. The molecular weight excluding hydrogens is 410 g/mol.